The fourth-order valence-electron chi connectivity index (χ4n) is 1.78. The Kier molecular flexibility index (Phi) is 2.40. The highest BCUT2D eigenvalue weighted by Gasteiger charge is 2.45. The van der Waals surface area contributed by atoms with Gasteiger partial charge in [-0.3, -0.25) is 9.69 Å². The third-order valence-electron chi connectivity index (χ3n) is 2.67. The van der Waals surface area contributed by atoms with E-state index in [0.29, 0.717) is 17.9 Å². The Balaban J connectivity index is 1.73. The smallest absolute Gasteiger partial charge is 0.361 e. The molecule has 0 N–H and O–H groups in total. The van der Waals surface area contributed by atoms with E-state index in [1.54, 1.807) is 29.7 Å². The number of carbonyl (C=O) groups excluding carboxylic acids is 2. The van der Waals surface area contributed by atoms with Crippen LogP contribution in [0.15, 0.2) is 41.4 Å². The van der Waals surface area contributed by atoms with E-state index in [9.17, 15) is 9.59 Å². The zero-order valence-electron chi connectivity index (χ0n) is 8.83. The fraction of sp³-hybridized carbons (Fsp3) is 0.167. The Morgan fingerprint density at radius 3 is 2.82 bits per heavy atom. The van der Waals surface area contributed by atoms with E-state index in [1.807, 2.05) is 6.07 Å². The first kappa shape index (κ1) is 10.4. The molecule has 2 heterocycles. The molecule has 1 saturated heterocycles. The summed E-state index contributed by atoms with van der Waals surface area (Å²) in [5.41, 5.74) is 0.347. The number of benzene rings is 1. The number of β-lactam (4-membered cyclic amide) rings is 1. The van der Waals surface area contributed by atoms with Crippen LogP contribution in [0.3, 0.4) is 0 Å². The number of fused-ring (bicyclic) bond motifs is 1. The van der Waals surface area contributed by atoms with Crippen molar-refractivity contribution in [2.75, 3.05) is 0 Å². The monoisotopic (exact) mass is 247 g/mol. The number of carbonyl (C=O) groups is 2. The third-order valence-corrected chi connectivity index (χ3v) is 3.72. The Labute approximate surface area is 102 Å². The number of hydrogen-bond acceptors (Lipinski definition) is 4. The van der Waals surface area contributed by atoms with Crippen molar-refractivity contribution in [1.82, 2.24) is 4.90 Å². The van der Waals surface area contributed by atoms with Crippen molar-refractivity contribution in [3.63, 3.8) is 0 Å². The minimum atomic E-state index is -0.473. The summed E-state index contributed by atoms with van der Waals surface area (Å²) >= 11 is 1.49. The van der Waals surface area contributed by atoms with E-state index < -0.39 is 5.97 Å². The Bertz CT molecular complexity index is 512. The molecule has 0 unspecified atom stereocenters. The van der Waals surface area contributed by atoms with Crippen LogP contribution in [-0.4, -0.2) is 22.2 Å². The summed E-state index contributed by atoms with van der Waals surface area (Å²) in [6.45, 7) is 0. The first-order chi connectivity index (χ1) is 8.25. The molecule has 0 radical (unpaired) electrons. The van der Waals surface area contributed by atoms with Crippen molar-refractivity contribution in [2.24, 2.45) is 0 Å². The lowest BCUT2D eigenvalue weighted by Crippen LogP contribution is -2.49. The van der Waals surface area contributed by atoms with Gasteiger partial charge in [0.05, 0.1) is 11.8 Å². The molecule has 86 valence electrons. The SMILES string of the molecule is O=C(Oc1ccccc1)C1=CS[C@@H]2CC(=O)N12. The second-order valence-corrected chi connectivity index (χ2v) is 4.82. The molecular formula is C12H9NO3S. The highest BCUT2D eigenvalue weighted by Crippen LogP contribution is 2.41. The van der Waals surface area contributed by atoms with Crippen LogP contribution in [0.4, 0.5) is 0 Å². The molecule has 0 spiro atoms. The maximum Gasteiger partial charge on any atom is 0.361 e. The number of para-hydroxylation sites is 1. The molecule has 0 bridgehead atoms. The summed E-state index contributed by atoms with van der Waals surface area (Å²) in [4.78, 5) is 24.7. The standard InChI is InChI=1S/C12H9NO3S/c14-10-6-11-13(10)9(7-17-11)12(15)16-8-4-2-1-3-5-8/h1-5,7,11H,6H2/t11-/m1/s1. The molecule has 2 aliphatic heterocycles. The van der Waals surface area contributed by atoms with Crippen molar-refractivity contribution >= 4 is 23.6 Å². The van der Waals surface area contributed by atoms with Gasteiger partial charge in [-0.1, -0.05) is 18.2 Å². The highest BCUT2D eigenvalue weighted by atomic mass is 32.2. The van der Waals surface area contributed by atoms with Gasteiger partial charge < -0.3 is 4.74 Å². The van der Waals surface area contributed by atoms with Gasteiger partial charge in [0.2, 0.25) is 5.91 Å². The molecule has 5 heteroatoms. The van der Waals surface area contributed by atoms with Crippen LogP contribution in [0.5, 0.6) is 5.75 Å². The number of ether oxygens (including phenoxy) is 1. The summed E-state index contributed by atoms with van der Waals surface area (Å²) < 4.78 is 5.18. The molecule has 1 aromatic rings. The topological polar surface area (TPSA) is 46.6 Å². The maximum atomic E-state index is 11.9. The second kappa shape index (κ2) is 3.92. The number of esters is 1. The van der Waals surface area contributed by atoms with Gasteiger partial charge in [0, 0.05) is 5.41 Å². The lowest BCUT2D eigenvalue weighted by atomic mass is 10.2. The largest absolute Gasteiger partial charge is 0.422 e. The van der Waals surface area contributed by atoms with Gasteiger partial charge >= 0.3 is 5.97 Å². The maximum absolute atomic E-state index is 11.9. The molecule has 17 heavy (non-hydrogen) atoms. The first-order valence-electron chi connectivity index (χ1n) is 5.20. The van der Waals surface area contributed by atoms with Crippen molar-refractivity contribution in [2.45, 2.75) is 11.8 Å². The Hall–Kier alpha value is -1.75. The summed E-state index contributed by atoms with van der Waals surface area (Å²) in [6, 6.07) is 8.83. The van der Waals surface area contributed by atoms with Gasteiger partial charge in [-0.2, -0.15) is 0 Å². The Morgan fingerprint density at radius 2 is 2.12 bits per heavy atom. The predicted octanol–water partition coefficient (Wildman–Crippen LogP) is 1.74. The van der Waals surface area contributed by atoms with Gasteiger partial charge in [-0.05, 0) is 12.1 Å². The lowest BCUT2D eigenvalue weighted by molar-refractivity contribution is -0.144. The van der Waals surface area contributed by atoms with Crippen molar-refractivity contribution in [3.8, 4) is 5.75 Å². The summed E-state index contributed by atoms with van der Waals surface area (Å²) in [5.74, 6) is -0.00432. The summed E-state index contributed by atoms with van der Waals surface area (Å²) in [5, 5.41) is 1.79. The average Bonchev–Trinajstić information content (AvgIpc) is 2.67. The molecular weight excluding hydrogens is 238 g/mol. The zero-order chi connectivity index (χ0) is 11.8. The van der Waals surface area contributed by atoms with Crippen LogP contribution in [0, 0.1) is 0 Å². The van der Waals surface area contributed by atoms with Crippen molar-refractivity contribution < 1.29 is 14.3 Å². The van der Waals surface area contributed by atoms with E-state index in [2.05, 4.69) is 0 Å². The normalized spacial score (nSPS) is 21.6. The minimum Gasteiger partial charge on any atom is -0.422 e. The summed E-state index contributed by atoms with van der Waals surface area (Å²) in [7, 11) is 0. The number of thioether (sulfide) groups is 1. The van der Waals surface area contributed by atoms with E-state index in [4.69, 9.17) is 4.74 Å². The predicted molar refractivity (Wildman–Crippen MR) is 63.0 cm³/mol. The molecule has 0 saturated carbocycles. The quantitative estimate of drug-likeness (QED) is 0.453. The molecule has 2 aliphatic rings. The average molecular weight is 247 g/mol. The molecule has 1 atom stereocenters. The van der Waals surface area contributed by atoms with Gasteiger partial charge in [-0.15, -0.1) is 11.8 Å². The molecule has 0 aliphatic carbocycles. The van der Waals surface area contributed by atoms with Crippen LogP contribution in [0.25, 0.3) is 0 Å². The lowest BCUT2D eigenvalue weighted by Gasteiger charge is -2.34. The number of rotatable bonds is 2. The highest BCUT2D eigenvalue weighted by molar-refractivity contribution is 8.03. The molecule has 0 aromatic heterocycles. The van der Waals surface area contributed by atoms with E-state index in [-0.39, 0.29) is 11.3 Å². The van der Waals surface area contributed by atoms with Gasteiger partial charge in [-0.25, -0.2) is 4.79 Å². The fourth-order valence-corrected chi connectivity index (χ4v) is 2.87. The van der Waals surface area contributed by atoms with Gasteiger partial charge in [0.15, 0.2) is 0 Å². The van der Waals surface area contributed by atoms with Gasteiger partial charge in [0.25, 0.3) is 0 Å². The van der Waals surface area contributed by atoms with Crippen LogP contribution in [0.2, 0.25) is 0 Å². The second-order valence-electron chi connectivity index (χ2n) is 3.76. The Morgan fingerprint density at radius 1 is 1.35 bits per heavy atom. The molecule has 1 amide bonds. The third kappa shape index (κ3) is 1.72. The van der Waals surface area contributed by atoms with Crippen molar-refractivity contribution in [1.29, 1.82) is 0 Å². The van der Waals surface area contributed by atoms with E-state index in [0.717, 1.165) is 0 Å². The van der Waals surface area contributed by atoms with Gasteiger partial charge in [0.1, 0.15) is 11.4 Å². The van der Waals surface area contributed by atoms with E-state index >= 15 is 0 Å². The minimum absolute atomic E-state index is 0.0174. The number of hydrogen-bond donors (Lipinski definition) is 0. The summed E-state index contributed by atoms with van der Waals surface area (Å²) in [6.07, 6.45) is 0.503. The molecule has 1 fully saturated rings. The van der Waals surface area contributed by atoms with E-state index in [1.165, 1.54) is 16.7 Å². The number of nitrogens with zero attached hydrogens (tertiary/aromatic N) is 1. The number of amides is 1. The van der Waals surface area contributed by atoms with Crippen LogP contribution in [-0.2, 0) is 9.59 Å². The molecule has 1 aromatic carbocycles. The van der Waals surface area contributed by atoms with Crippen molar-refractivity contribution in [3.05, 3.63) is 41.4 Å². The first-order valence-corrected chi connectivity index (χ1v) is 6.15. The van der Waals surface area contributed by atoms with Crippen LogP contribution < -0.4 is 4.74 Å². The molecule has 4 nitrogen and oxygen atoms in total. The van der Waals surface area contributed by atoms with Crippen LogP contribution in [0.1, 0.15) is 6.42 Å². The van der Waals surface area contributed by atoms with Crippen LogP contribution >= 0.6 is 11.8 Å². The molecule has 3 rings (SSSR count). The zero-order valence-corrected chi connectivity index (χ0v) is 9.65.